The van der Waals surface area contributed by atoms with Gasteiger partial charge in [0, 0.05) is 26.7 Å². The fourth-order valence-corrected chi connectivity index (χ4v) is 3.52. The van der Waals surface area contributed by atoms with Crippen LogP contribution >= 0.6 is 0 Å². The molecule has 3 aromatic rings. The van der Waals surface area contributed by atoms with E-state index in [-0.39, 0.29) is 13.6 Å². The second kappa shape index (κ2) is 12.8. The van der Waals surface area contributed by atoms with Gasteiger partial charge < -0.3 is 33.2 Å². The van der Waals surface area contributed by atoms with Crippen LogP contribution in [0.5, 0.6) is 11.5 Å². The van der Waals surface area contributed by atoms with Crippen LogP contribution in [0.4, 0.5) is 0 Å². The van der Waals surface area contributed by atoms with E-state index in [1.54, 1.807) is 30.3 Å². The number of ether oxygens (including phenoxy) is 5. The van der Waals surface area contributed by atoms with Crippen LogP contribution in [0.25, 0.3) is 0 Å². The van der Waals surface area contributed by atoms with Crippen molar-refractivity contribution in [2.75, 3.05) is 34.9 Å². The van der Waals surface area contributed by atoms with E-state index in [0.717, 1.165) is 5.56 Å². The Hall–Kier alpha value is -3.33. The number of furan rings is 1. The SMILES string of the molecule is COCOc1cc(OCOC)cc(C(C(=O)OC)c2ccc(CCC(O)c3ccccc3)o2)c1. The number of aryl methyl sites for hydroxylation is 1. The van der Waals surface area contributed by atoms with Crippen molar-refractivity contribution in [1.29, 1.82) is 0 Å². The number of aliphatic hydroxyl groups is 1. The van der Waals surface area contributed by atoms with Crippen molar-refractivity contribution in [3.05, 3.63) is 83.3 Å². The van der Waals surface area contributed by atoms with Crippen LogP contribution in [0.1, 0.15) is 41.1 Å². The summed E-state index contributed by atoms with van der Waals surface area (Å²) in [5.74, 6) is 0.647. The molecule has 182 valence electrons. The molecule has 34 heavy (non-hydrogen) atoms. The lowest BCUT2D eigenvalue weighted by molar-refractivity contribution is -0.141. The first-order valence-electron chi connectivity index (χ1n) is 10.8. The van der Waals surface area contributed by atoms with Gasteiger partial charge >= 0.3 is 5.97 Å². The van der Waals surface area contributed by atoms with Crippen molar-refractivity contribution in [1.82, 2.24) is 0 Å². The van der Waals surface area contributed by atoms with Crippen molar-refractivity contribution < 1.29 is 38.0 Å². The second-order valence-electron chi connectivity index (χ2n) is 7.56. The summed E-state index contributed by atoms with van der Waals surface area (Å²) in [6, 6.07) is 18.1. The molecule has 0 fully saturated rings. The molecule has 0 radical (unpaired) electrons. The highest BCUT2D eigenvalue weighted by molar-refractivity contribution is 5.81. The van der Waals surface area contributed by atoms with E-state index in [1.807, 2.05) is 30.3 Å². The summed E-state index contributed by atoms with van der Waals surface area (Å²) in [7, 11) is 4.36. The fourth-order valence-electron chi connectivity index (χ4n) is 3.52. The van der Waals surface area contributed by atoms with Gasteiger partial charge in [0.25, 0.3) is 0 Å². The largest absolute Gasteiger partial charge is 0.468 e. The number of carbonyl (C=O) groups is 1. The van der Waals surface area contributed by atoms with Gasteiger partial charge in [-0.3, -0.25) is 4.79 Å². The third kappa shape index (κ3) is 6.84. The molecule has 0 spiro atoms. The van der Waals surface area contributed by atoms with Gasteiger partial charge in [-0.05, 0) is 41.8 Å². The maximum Gasteiger partial charge on any atom is 0.320 e. The number of methoxy groups -OCH3 is 3. The third-order valence-corrected chi connectivity index (χ3v) is 5.17. The topological polar surface area (TPSA) is 96.6 Å². The molecule has 2 unspecified atom stereocenters. The lowest BCUT2D eigenvalue weighted by Gasteiger charge is -2.16. The van der Waals surface area contributed by atoms with Crippen molar-refractivity contribution in [3.63, 3.8) is 0 Å². The minimum absolute atomic E-state index is 0.0324. The van der Waals surface area contributed by atoms with Crippen LogP contribution in [-0.4, -0.2) is 46.0 Å². The van der Waals surface area contributed by atoms with Crippen molar-refractivity contribution >= 4 is 5.97 Å². The van der Waals surface area contributed by atoms with Crippen molar-refractivity contribution in [3.8, 4) is 11.5 Å². The van der Waals surface area contributed by atoms with E-state index in [2.05, 4.69) is 0 Å². The molecular weight excluding hydrogens is 440 g/mol. The van der Waals surface area contributed by atoms with Crippen molar-refractivity contribution in [2.45, 2.75) is 24.9 Å². The average molecular weight is 471 g/mol. The molecule has 2 atom stereocenters. The molecule has 3 rings (SSSR count). The molecule has 1 N–H and O–H groups in total. The van der Waals surface area contributed by atoms with Crippen molar-refractivity contribution in [2.24, 2.45) is 0 Å². The summed E-state index contributed by atoms with van der Waals surface area (Å²) in [5, 5.41) is 10.4. The highest BCUT2D eigenvalue weighted by Crippen LogP contribution is 2.34. The van der Waals surface area contributed by atoms with Gasteiger partial charge in [-0.2, -0.15) is 0 Å². The predicted octanol–water partition coefficient (Wildman–Crippen LogP) is 4.22. The van der Waals surface area contributed by atoms with Gasteiger partial charge in [0.1, 0.15) is 28.9 Å². The standard InChI is InChI=1S/C26H30O8/c1-29-16-32-21-13-19(14-22(15-21)33-17-30-2)25(26(28)31-3)24-12-10-20(34-24)9-11-23(27)18-7-5-4-6-8-18/h4-8,10,12-15,23,25,27H,9,11,16-17H2,1-3H3. The number of benzene rings is 2. The molecule has 8 nitrogen and oxygen atoms in total. The van der Waals surface area contributed by atoms with Gasteiger partial charge in [0.05, 0.1) is 13.2 Å². The van der Waals surface area contributed by atoms with E-state index in [0.29, 0.717) is 41.4 Å². The molecule has 8 heteroatoms. The van der Waals surface area contributed by atoms with Gasteiger partial charge in [-0.1, -0.05) is 30.3 Å². The summed E-state index contributed by atoms with van der Waals surface area (Å²) >= 11 is 0. The molecule has 0 aliphatic carbocycles. The molecule has 2 aromatic carbocycles. The number of hydrogen-bond donors (Lipinski definition) is 1. The van der Waals surface area contributed by atoms with Crippen LogP contribution in [-0.2, 0) is 25.4 Å². The molecule has 0 saturated heterocycles. The summed E-state index contributed by atoms with van der Waals surface area (Å²) in [6.07, 6.45) is 0.375. The quantitative estimate of drug-likeness (QED) is 0.293. The third-order valence-electron chi connectivity index (χ3n) is 5.17. The summed E-state index contributed by atoms with van der Waals surface area (Å²) in [4.78, 5) is 12.8. The van der Waals surface area contributed by atoms with Gasteiger partial charge in [0.2, 0.25) is 0 Å². The molecule has 1 aromatic heterocycles. The smallest absolute Gasteiger partial charge is 0.320 e. The molecule has 0 aliphatic heterocycles. The lowest BCUT2D eigenvalue weighted by atomic mass is 9.96. The molecular formula is C26H30O8. The first-order valence-corrected chi connectivity index (χ1v) is 10.8. The Morgan fingerprint density at radius 3 is 2.12 bits per heavy atom. The minimum atomic E-state index is -0.839. The van der Waals surface area contributed by atoms with Crippen LogP contribution in [0, 0.1) is 0 Å². The molecule has 0 bridgehead atoms. The first-order chi connectivity index (χ1) is 16.5. The fraction of sp³-hybridized carbons (Fsp3) is 0.346. The monoisotopic (exact) mass is 470 g/mol. The highest BCUT2D eigenvalue weighted by Gasteiger charge is 2.28. The maximum atomic E-state index is 12.8. The minimum Gasteiger partial charge on any atom is -0.468 e. The average Bonchev–Trinajstić information content (AvgIpc) is 3.33. The number of rotatable bonds is 13. The summed E-state index contributed by atoms with van der Waals surface area (Å²) in [5.41, 5.74) is 1.41. The van der Waals surface area contributed by atoms with Gasteiger partial charge in [-0.15, -0.1) is 0 Å². The Morgan fingerprint density at radius 2 is 1.53 bits per heavy atom. The van der Waals surface area contributed by atoms with E-state index in [4.69, 9.17) is 28.1 Å². The van der Waals surface area contributed by atoms with Crippen LogP contribution in [0.3, 0.4) is 0 Å². The van der Waals surface area contributed by atoms with Crippen LogP contribution in [0.15, 0.2) is 65.1 Å². The summed E-state index contributed by atoms with van der Waals surface area (Å²) in [6.45, 7) is 0.0649. The zero-order valence-electron chi connectivity index (χ0n) is 19.6. The Labute approximate surface area is 199 Å². The van der Waals surface area contributed by atoms with E-state index >= 15 is 0 Å². The summed E-state index contributed by atoms with van der Waals surface area (Å²) < 4.78 is 32.2. The number of hydrogen-bond acceptors (Lipinski definition) is 8. The zero-order chi connectivity index (χ0) is 24.3. The van der Waals surface area contributed by atoms with Gasteiger partial charge in [0.15, 0.2) is 13.6 Å². The normalized spacial score (nSPS) is 12.7. The molecule has 0 saturated carbocycles. The Kier molecular flexibility index (Phi) is 9.51. The maximum absolute atomic E-state index is 12.8. The van der Waals surface area contributed by atoms with E-state index in [9.17, 15) is 9.90 Å². The predicted molar refractivity (Wildman–Crippen MR) is 124 cm³/mol. The number of aliphatic hydroxyl groups excluding tert-OH is 1. The lowest BCUT2D eigenvalue weighted by Crippen LogP contribution is -2.16. The zero-order valence-corrected chi connectivity index (χ0v) is 19.6. The Bertz CT molecular complexity index is 1000. The molecule has 0 amide bonds. The Balaban J connectivity index is 1.83. The Morgan fingerprint density at radius 1 is 0.882 bits per heavy atom. The molecule has 1 heterocycles. The number of carbonyl (C=O) groups excluding carboxylic acids is 1. The second-order valence-corrected chi connectivity index (χ2v) is 7.56. The van der Waals surface area contributed by atoms with Crippen LogP contribution < -0.4 is 9.47 Å². The van der Waals surface area contributed by atoms with Crippen LogP contribution in [0.2, 0.25) is 0 Å². The number of esters is 1. The molecule has 0 aliphatic rings. The van der Waals surface area contributed by atoms with E-state index in [1.165, 1.54) is 21.3 Å². The highest BCUT2D eigenvalue weighted by atomic mass is 16.7. The van der Waals surface area contributed by atoms with Gasteiger partial charge in [-0.25, -0.2) is 0 Å². The van der Waals surface area contributed by atoms with E-state index < -0.39 is 18.0 Å². The first kappa shape index (κ1) is 25.3.